The van der Waals surface area contributed by atoms with Crippen molar-refractivity contribution < 1.29 is 23.2 Å². The highest BCUT2D eigenvalue weighted by Gasteiger charge is 2.18. The summed E-state index contributed by atoms with van der Waals surface area (Å²) in [7, 11) is 0. The number of nitrogens with one attached hydrogen (secondary N) is 1. The predicted molar refractivity (Wildman–Crippen MR) is 111 cm³/mol. The molecule has 0 fully saturated rings. The predicted octanol–water partition coefficient (Wildman–Crippen LogP) is 4.25. The number of benzene rings is 2. The molecule has 0 bridgehead atoms. The van der Waals surface area contributed by atoms with Crippen molar-refractivity contribution in [1.29, 1.82) is 0 Å². The first kappa shape index (κ1) is 20.2. The number of ether oxygens (including phenoxy) is 2. The first-order valence-corrected chi connectivity index (χ1v) is 10.6. The number of fused-ring (bicyclic) bond motifs is 1. The van der Waals surface area contributed by atoms with E-state index in [0.717, 1.165) is 4.90 Å². The zero-order valence-electron chi connectivity index (χ0n) is 16.5. The lowest BCUT2D eigenvalue weighted by Gasteiger charge is -2.20. The van der Waals surface area contributed by atoms with Crippen molar-refractivity contribution in [2.24, 2.45) is 0 Å². The van der Waals surface area contributed by atoms with E-state index < -0.39 is 0 Å². The highest BCUT2D eigenvalue weighted by molar-refractivity contribution is 7.98. The molecule has 0 aliphatic carbocycles. The average molecular weight is 429 g/mol. The molecule has 0 atom stereocenters. The average Bonchev–Trinajstić information content (AvgIpc) is 3.23. The topological polar surface area (TPSA) is 86.5 Å². The summed E-state index contributed by atoms with van der Waals surface area (Å²) in [5.74, 6) is 1.53. The lowest BCUT2D eigenvalue weighted by molar-refractivity contribution is -0.116. The number of carbonyl (C=O) groups excluding carboxylic acids is 1. The number of hydrogen-bond donors (Lipinski definition) is 1. The molecule has 0 saturated carbocycles. The summed E-state index contributed by atoms with van der Waals surface area (Å²) >= 11 is 1.51. The lowest BCUT2D eigenvalue weighted by atomic mass is 10.1. The fourth-order valence-electron chi connectivity index (χ4n) is 3.03. The second-order valence-corrected chi connectivity index (χ2v) is 7.57. The van der Waals surface area contributed by atoms with E-state index >= 15 is 0 Å². The first-order valence-electron chi connectivity index (χ1n) is 9.40. The molecule has 0 radical (unpaired) electrons. The van der Waals surface area contributed by atoms with Gasteiger partial charge in [-0.2, -0.15) is 4.98 Å². The third-order valence-corrected chi connectivity index (χ3v) is 5.37. The standard InChI is InChI=1S/C21H20FN3O4S/c1-12-9-13(3-4-14(12)22)21-24-20(29-25-21)6-5-19(26)23-15-10-16-17(11-18(15)30-2)28-8-7-27-16/h3-4,9-11H,5-8H2,1-2H3,(H,23,26). The molecule has 1 amide bonds. The maximum absolute atomic E-state index is 13.4. The van der Waals surface area contributed by atoms with Gasteiger partial charge in [0.2, 0.25) is 17.6 Å². The van der Waals surface area contributed by atoms with Crippen molar-refractivity contribution in [2.75, 3.05) is 24.8 Å². The Balaban J connectivity index is 1.40. The van der Waals surface area contributed by atoms with Gasteiger partial charge in [0.1, 0.15) is 19.0 Å². The molecule has 3 aromatic rings. The van der Waals surface area contributed by atoms with E-state index in [9.17, 15) is 9.18 Å². The van der Waals surface area contributed by atoms with E-state index in [4.69, 9.17) is 14.0 Å². The fraction of sp³-hybridized carbons (Fsp3) is 0.286. The summed E-state index contributed by atoms with van der Waals surface area (Å²) in [6.45, 7) is 2.66. The number of hydrogen-bond acceptors (Lipinski definition) is 7. The molecular formula is C21H20FN3O4S. The Bertz CT molecular complexity index is 1090. The van der Waals surface area contributed by atoms with Crippen molar-refractivity contribution in [3.63, 3.8) is 0 Å². The molecule has 0 spiro atoms. The van der Waals surface area contributed by atoms with Gasteiger partial charge in [0.05, 0.1) is 5.69 Å². The maximum atomic E-state index is 13.4. The minimum atomic E-state index is -0.289. The molecule has 2 aromatic carbocycles. The van der Waals surface area contributed by atoms with Gasteiger partial charge < -0.3 is 19.3 Å². The third kappa shape index (κ3) is 4.40. The molecular weight excluding hydrogens is 409 g/mol. The Labute approximate surface area is 177 Å². The van der Waals surface area contributed by atoms with Crippen LogP contribution in [0.4, 0.5) is 10.1 Å². The Morgan fingerprint density at radius 2 is 1.97 bits per heavy atom. The fourth-order valence-corrected chi connectivity index (χ4v) is 3.58. The summed E-state index contributed by atoms with van der Waals surface area (Å²) in [6, 6.07) is 8.26. The Morgan fingerprint density at radius 1 is 1.20 bits per heavy atom. The maximum Gasteiger partial charge on any atom is 0.227 e. The van der Waals surface area contributed by atoms with Gasteiger partial charge in [0.25, 0.3) is 0 Å². The number of halogens is 1. The van der Waals surface area contributed by atoms with Crippen LogP contribution in [-0.4, -0.2) is 35.5 Å². The zero-order chi connectivity index (χ0) is 21.1. The third-order valence-electron chi connectivity index (χ3n) is 4.59. The molecule has 0 saturated heterocycles. The number of carbonyl (C=O) groups is 1. The summed E-state index contributed by atoms with van der Waals surface area (Å²) in [4.78, 5) is 17.6. The number of rotatable bonds is 6. The van der Waals surface area contributed by atoms with Crippen LogP contribution in [-0.2, 0) is 11.2 Å². The van der Waals surface area contributed by atoms with Gasteiger partial charge in [0, 0.05) is 29.4 Å². The number of aromatic nitrogens is 2. The molecule has 1 aromatic heterocycles. The van der Waals surface area contributed by atoms with Crippen LogP contribution >= 0.6 is 11.8 Å². The van der Waals surface area contributed by atoms with E-state index in [2.05, 4.69) is 15.5 Å². The minimum absolute atomic E-state index is 0.173. The van der Waals surface area contributed by atoms with Crippen LogP contribution in [0.1, 0.15) is 17.9 Å². The number of anilines is 1. The number of aryl methyl sites for hydroxylation is 2. The molecule has 4 rings (SSSR count). The van der Waals surface area contributed by atoms with Gasteiger partial charge >= 0.3 is 0 Å². The van der Waals surface area contributed by atoms with Crippen molar-refractivity contribution in [2.45, 2.75) is 24.7 Å². The van der Waals surface area contributed by atoms with Crippen LogP contribution in [0.25, 0.3) is 11.4 Å². The van der Waals surface area contributed by atoms with Gasteiger partial charge in [-0.25, -0.2) is 4.39 Å². The second-order valence-electron chi connectivity index (χ2n) is 6.72. The molecule has 9 heteroatoms. The quantitative estimate of drug-likeness (QED) is 0.586. The summed E-state index contributed by atoms with van der Waals surface area (Å²) in [6.07, 6.45) is 2.39. The Kier molecular flexibility index (Phi) is 5.89. The number of nitrogens with zero attached hydrogens (tertiary/aromatic N) is 2. The van der Waals surface area contributed by atoms with E-state index in [1.165, 1.54) is 17.8 Å². The van der Waals surface area contributed by atoms with Crippen molar-refractivity contribution in [1.82, 2.24) is 10.1 Å². The van der Waals surface area contributed by atoms with E-state index in [1.54, 1.807) is 25.1 Å². The molecule has 156 valence electrons. The van der Waals surface area contributed by atoms with Gasteiger partial charge in [0.15, 0.2) is 11.5 Å². The van der Waals surface area contributed by atoms with Crippen molar-refractivity contribution >= 4 is 23.4 Å². The Hall–Kier alpha value is -3.07. The minimum Gasteiger partial charge on any atom is -0.486 e. The van der Waals surface area contributed by atoms with Crippen LogP contribution in [0.15, 0.2) is 39.8 Å². The molecule has 7 nitrogen and oxygen atoms in total. The van der Waals surface area contributed by atoms with Crippen LogP contribution in [0.5, 0.6) is 11.5 Å². The Morgan fingerprint density at radius 3 is 2.70 bits per heavy atom. The molecule has 1 N–H and O–H groups in total. The van der Waals surface area contributed by atoms with Crippen LogP contribution in [0.3, 0.4) is 0 Å². The largest absolute Gasteiger partial charge is 0.486 e. The summed E-state index contributed by atoms with van der Waals surface area (Å²) in [5.41, 5.74) is 1.83. The molecule has 30 heavy (non-hydrogen) atoms. The van der Waals surface area contributed by atoms with Gasteiger partial charge in [-0.15, -0.1) is 11.8 Å². The molecule has 2 heterocycles. The van der Waals surface area contributed by atoms with Crippen LogP contribution in [0.2, 0.25) is 0 Å². The van der Waals surface area contributed by atoms with E-state index in [-0.39, 0.29) is 24.6 Å². The monoisotopic (exact) mass is 429 g/mol. The normalized spacial score (nSPS) is 12.6. The summed E-state index contributed by atoms with van der Waals surface area (Å²) < 4.78 is 29.8. The van der Waals surface area contributed by atoms with Crippen LogP contribution in [0, 0.1) is 12.7 Å². The highest BCUT2D eigenvalue weighted by atomic mass is 32.2. The van der Waals surface area contributed by atoms with E-state index in [0.29, 0.717) is 53.2 Å². The molecule has 0 unspecified atom stereocenters. The first-order chi connectivity index (χ1) is 14.5. The highest BCUT2D eigenvalue weighted by Crippen LogP contribution is 2.39. The van der Waals surface area contributed by atoms with Gasteiger partial charge in [-0.3, -0.25) is 4.79 Å². The smallest absolute Gasteiger partial charge is 0.227 e. The number of thioether (sulfide) groups is 1. The zero-order valence-corrected chi connectivity index (χ0v) is 17.3. The van der Waals surface area contributed by atoms with Crippen molar-refractivity contribution in [3.05, 3.63) is 47.6 Å². The van der Waals surface area contributed by atoms with Crippen molar-refractivity contribution in [3.8, 4) is 22.9 Å². The van der Waals surface area contributed by atoms with E-state index in [1.807, 2.05) is 12.3 Å². The van der Waals surface area contributed by atoms with Crippen LogP contribution < -0.4 is 14.8 Å². The van der Waals surface area contributed by atoms with Gasteiger partial charge in [-0.1, -0.05) is 5.16 Å². The SMILES string of the molecule is CSc1cc2c(cc1NC(=O)CCc1nc(-c3ccc(F)c(C)c3)no1)OCCO2. The summed E-state index contributed by atoms with van der Waals surface area (Å²) in [5, 5.41) is 6.83. The van der Waals surface area contributed by atoms with Gasteiger partial charge in [-0.05, 0) is 43.0 Å². The lowest BCUT2D eigenvalue weighted by Crippen LogP contribution is -2.17. The molecule has 1 aliphatic rings. The molecule has 1 aliphatic heterocycles. The second kappa shape index (κ2) is 8.74. The number of amides is 1.